The highest BCUT2D eigenvalue weighted by molar-refractivity contribution is 5.85. The summed E-state index contributed by atoms with van der Waals surface area (Å²) in [7, 11) is 0. The van der Waals surface area contributed by atoms with Gasteiger partial charge in [0.25, 0.3) is 0 Å². The van der Waals surface area contributed by atoms with Gasteiger partial charge in [-0.05, 0) is 31.7 Å². The van der Waals surface area contributed by atoms with Crippen LogP contribution < -0.4 is 0 Å². The lowest BCUT2D eigenvalue weighted by Gasteiger charge is -2.28. The molecule has 1 N–H and O–H groups in total. The lowest BCUT2D eigenvalue weighted by molar-refractivity contribution is 0.189. The summed E-state index contributed by atoms with van der Waals surface area (Å²) in [6.07, 6.45) is 5.39. The molecule has 72 valence electrons. The number of hydrogen-bond donors (Lipinski definition) is 1. The normalized spacial score (nSPS) is 35.8. The number of aliphatic hydroxyl groups excluding tert-OH is 1. The van der Waals surface area contributed by atoms with E-state index >= 15 is 0 Å². The molecule has 2 fully saturated rings. The van der Waals surface area contributed by atoms with E-state index in [2.05, 4.69) is 4.90 Å². The lowest BCUT2D eigenvalue weighted by atomic mass is 10.0. The predicted molar refractivity (Wildman–Crippen MR) is 51.7 cm³/mol. The zero-order valence-corrected chi connectivity index (χ0v) is 8.22. The van der Waals surface area contributed by atoms with Crippen LogP contribution in [0.1, 0.15) is 25.7 Å². The number of nitrogens with zero attached hydrogens (tertiary/aromatic N) is 1. The van der Waals surface area contributed by atoms with Crippen molar-refractivity contribution >= 4 is 12.4 Å². The van der Waals surface area contributed by atoms with E-state index in [9.17, 15) is 0 Å². The molecule has 0 spiro atoms. The van der Waals surface area contributed by atoms with Crippen molar-refractivity contribution in [2.24, 2.45) is 5.92 Å². The average Bonchev–Trinajstić information content (AvgIpc) is 2.46. The average molecular weight is 192 g/mol. The maximum absolute atomic E-state index is 8.99. The molecule has 12 heavy (non-hydrogen) atoms. The van der Waals surface area contributed by atoms with E-state index < -0.39 is 0 Å². The second-order valence-electron chi connectivity index (χ2n) is 3.93. The summed E-state index contributed by atoms with van der Waals surface area (Å²) >= 11 is 0. The highest BCUT2D eigenvalue weighted by Crippen LogP contribution is 2.29. The van der Waals surface area contributed by atoms with Crippen LogP contribution in [-0.2, 0) is 0 Å². The van der Waals surface area contributed by atoms with Crippen LogP contribution in [0.25, 0.3) is 0 Å². The molecule has 0 aromatic heterocycles. The van der Waals surface area contributed by atoms with Gasteiger partial charge in [0.2, 0.25) is 0 Å². The molecule has 0 aliphatic carbocycles. The second kappa shape index (κ2) is 4.45. The van der Waals surface area contributed by atoms with Gasteiger partial charge in [-0.2, -0.15) is 0 Å². The van der Waals surface area contributed by atoms with Crippen molar-refractivity contribution in [1.82, 2.24) is 4.90 Å². The molecule has 0 radical (unpaired) electrons. The number of hydrogen-bond acceptors (Lipinski definition) is 2. The van der Waals surface area contributed by atoms with Gasteiger partial charge < -0.3 is 10.0 Å². The molecule has 3 heteroatoms. The fourth-order valence-corrected chi connectivity index (χ4v) is 2.49. The monoisotopic (exact) mass is 191 g/mol. The Morgan fingerprint density at radius 3 is 2.83 bits per heavy atom. The molecule has 2 saturated heterocycles. The minimum Gasteiger partial charge on any atom is -0.396 e. The van der Waals surface area contributed by atoms with E-state index in [1.807, 2.05) is 0 Å². The molecular formula is C9H18ClNO. The molecule has 2 unspecified atom stereocenters. The molecule has 2 aliphatic heterocycles. The lowest BCUT2D eigenvalue weighted by Crippen LogP contribution is -2.34. The second-order valence-corrected chi connectivity index (χ2v) is 3.93. The summed E-state index contributed by atoms with van der Waals surface area (Å²) in [5.74, 6) is 0.582. The quantitative estimate of drug-likeness (QED) is 0.675. The van der Waals surface area contributed by atoms with Gasteiger partial charge in [0, 0.05) is 19.2 Å². The van der Waals surface area contributed by atoms with Crippen LogP contribution in [0, 0.1) is 5.92 Å². The Kier molecular flexibility index (Phi) is 3.81. The van der Waals surface area contributed by atoms with Crippen LogP contribution in [0.5, 0.6) is 0 Å². The summed E-state index contributed by atoms with van der Waals surface area (Å²) in [6, 6.07) is 0.820. The van der Waals surface area contributed by atoms with Crippen molar-refractivity contribution in [2.75, 3.05) is 19.7 Å². The minimum absolute atomic E-state index is 0. The highest BCUT2D eigenvalue weighted by atomic mass is 35.5. The van der Waals surface area contributed by atoms with Crippen LogP contribution in [-0.4, -0.2) is 35.7 Å². The van der Waals surface area contributed by atoms with Gasteiger partial charge in [0.1, 0.15) is 0 Å². The third kappa shape index (κ3) is 1.93. The van der Waals surface area contributed by atoms with Gasteiger partial charge in [0.05, 0.1) is 0 Å². The highest BCUT2D eigenvalue weighted by Gasteiger charge is 2.32. The number of rotatable bonds is 1. The Balaban J connectivity index is 0.000000720. The zero-order chi connectivity index (χ0) is 7.68. The molecule has 0 saturated carbocycles. The SMILES string of the molecule is Cl.OCC1CC2CCCCN2C1. The van der Waals surface area contributed by atoms with Crippen molar-refractivity contribution < 1.29 is 5.11 Å². The van der Waals surface area contributed by atoms with Crippen LogP contribution in [0.15, 0.2) is 0 Å². The third-order valence-corrected chi connectivity index (χ3v) is 3.11. The van der Waals surface area contributed by atoms with Gasteiger partial charge in [-0.3, -0.25) is 0 Å². The summed E-state index contributed by atoms with van der Waals surface area (Å²) in [4.78, 5) is 2.56. The van der Waals surface area contributed by atoms with Crippen molar-refractivity contribution in [2.45, 2.75) is 31.7 Å². The largest absolute Gasteiger partial charge is 0.396 e. The third-order valence-electron chi connectivity index (χ3n) is 3.11. The van der Waals surface area contributed by atoms with Crippen LogP contribution in [0.2, 0.25) is 0 Å². The first-order valence-electron chi connectivity index (χ1n) is 4.75. The molecule has 2 nitrogen and oxygen atoms in total. The zero-order valence-electron chi connectivity index (χ0n) is 7.41. The molecule has 2 aliphatic rings. The Labute approximate surface area is 80.4 Å². The number of piperidine rings is 1. The Morgan fingerprint density at radius 1 is 1.33 bits per heavy atom. The number of aliphatic hydroxyl groups is 1. The fourth-order valence-electron chi connectivity index (χ4n) is 2.49. The first-order valence-corrected chi connectivity index (χ1v) is 4.75. The van der Waals surface area contributed by atoms with Crippen LogP contribution >= 0.6 is 12.4 Å². The van der Waals surface area contributed by atoms with E-state index in [0.29, 0.717) is 12.5 Å². The van der Waals surface area contributed by atoms with E-state index in [4.69, 9.17) is 5.11 Å². The van der Waals surface area contributed by atoms with Gasteiger partial charge in [0.15, 0.2) is 0 Å². The van der Waals surface area contributed by atoms with Crippen LogP contribution in [0.3, 0.4) is 0 Å². The van der Waals surface area contributed by atoms with Gasteiger partial charge >= 0.3 is 0 Å². The molecule has 2 atom stereocenters. The topological polar surface area (TPSA) is 23.5 Å². The first kappa shape index (κ1) is 10.3. The molecule has 0 bridgehead atoms. The summed E-state index contributed by atoms with van der Waals surface area (Å²) < 4.78 is 0. The van der Waals surface area contributed by atoms with Gasteiger partial charge in [-0.25, -0.2) is 0 Å². The summed E-state index contributed by atoms with van der Waals surface area (Å²) in [5.41, 5.74) is 0. The Morgan fingerprint density at radius 2 is 2.17 bits per heavy atom. The van der Waals surface area contributed by atoms with Crippen molar-refractivity contribution in [3.8, 4) is 0 Å². The van der Waals surface area contributed by atoms with Crippen LogP contribution in [0.4, 0.5) is 0 Å². The first-order chi connectivity index (χ1) is 5.40. The van der Waals surface area contributed by atoms with E-state index in [1.54, 1.807) is 0 Å². The molecule has 2 rings (SSSR count). The van der Waals surface area contributed by atoms with Crippen molar-refractivity contribution in [3.05, 3.63) is 0 Å². The van der Waals surface area contributed by atoms with E-state index in [0.717, 1.165) is 12.6 Å². The summed E-state index contributed by atoms with van der Waals surface area (Å²) in [5, 5.41) is 8.99. The maximum atomic E-state index is 8.99. The fraction of sp³-hybridized carbons (Fsp3) is 1.00. The predicted octanol–water partition coefficient (Wildman–Crippen LogP) is 1.27. The molecule has 0 aromatic rings. The molecule has 0 amide bonds. The number of fused-ring (bicyclic) bond motifs is 1. The maximum Gasteiger partial charge on any atom is 0.0472 e. The molecule has 0 aromatic carbocycles. The van der Waals surface area contributed by atoms with Crippen molar-refractivity contribution in [3.63, 3.8) is 0 Å². The standard InChI is InChI=1S/C9H17NO.ClH/c11-7-8-5-9-3-1-2-4-10(9)6-8;/h8-9,11H,1-7H2;1H. The molecule has 2 heterocycles. The smallest absolute Gasteiger partial charge is 0.0472 e. The minimum atomic E-state index is 0. The van der Waals surface area contributed by atoms with Gasteiger partial charge in [-0.15, -0.1) is 12.4 Å². The van der Waals surface area contributed by atoms with E-state index in [-0.39, 0.29) is 12.4 Å². The Bertz CT molecular complexity index is 128. The van der Waals surface area contributed by atoms with Gasteiger partial charge in [-0.1, -0.05) is 6.42 Å². The Hall–Kier alpha value is 0.210. The number of halogens is 1. The molecular weight excluding hydrogens is 174 g/mol. The van der Waals surface area contributed by atoms with E-state index in [1.165, 1.54) is 32.2 Å². The summed E-state index contributed by atoms with van der Waals surface area (Å²) in [6.45, 7) is 2.83. The van der Waals surface area contributed by atoms with Crippen molar-refractivity contribution in [1.29, 1.82) is 0 Å².